The van der Waals surface area contributed by atoms with Crippen LogP contribution in [0.5, 0.6) is 0 Å². The number of halogens is 4. The van der Waals surface area contributed by atoms with Gasteiger partial charge in [-0.05, 0) is 18.2 Å². The minimum Gasteiger partial charge on any atom is -0.276 e. The maximum atomic E-state index is 12.4. The van der Waals surface area contributed by atoms with E-state index in [0.29, 0.717) is 0 Å². The molecule has 0 spiro atoms. The third-order valence-corrected chi connectivity index (χ3v) is 1.89. The summed E-state index contributed by atoms with van der Waals surface area (Å²) in [5.41, 5.74) is 2.00. The molecule has 0 unspecified atom stereocenters. The summed E-state index contributed by atoms with van der Waals surface area (Å²) < 4.78 is 37.1. The number of quaternary nitrogens is 1. The number of carbonyl (C=O) groups excluding carboxylic acids is 1. The molecule has 0 fully saturated rings. The molecular weight excluding hydrogens is 233 g/mol. The van der Waals surface area contributed by atoms with E-state index in [9.17, 15) is 18.0 Å². The normalized spacial score (nSPS) is 11.3. The zero-order valence-electron chi connectivity index (χ0n) is 7.36. The van der Waals surface area contributed by atoms with Crippen molar-refractivity contribution in [1.29, 1.82) is 0 Å². The van der Waals surface area contributed by atoms with E-state index in [0.717, 1.165) is 12.1 Å². The number of benzene rings is 1. The van der Waals surface area contributed by atoms with Gasteiger partial charge in [-0.15, -0.1) is 0 Å². The summed E-state index contributed by atoms with van der Waals surface area (Å²) in [6.07, 6.45) is -4.54. The predicted molar refractivity (Wildman–Crippen MR) is 48.4 cm³/mol. The Morgan fingerprint density at radius 1 is 1.40 bits per heavy atom. The predicted octanol–water partition coefficient (Wildman–Crippen LogP) is 2.13. The molecule has 0 aliphatic rings. The highest BCUT2D eigenvalue weighted by molar-refractivity contribution is 6.31. The summed E-state index contributed by atoms with van der Waals surface area (Å²) in [6, 6.07) is 2.40. The Morgan fingerprint density at radius 2 is 2.00 bits per heavy atom. The lowest BCUT2D eigenvalue weighted by Gasteiger charge is -2.10. The van der Waals surface area contributed by atoms with E-state index in [1.165, 1.54) is 6.07 Å². The first-order valence-electron chi connectivity index (χ1n) is 3.80. The Balaban J connectivity index is 3.11. The quantitative estimate of drug-likeness (QED) is 0.775. The summed E-state index contributed by atoms with van der Waals surface area (Å²) in [5.74, 6) is 0. The van der Waals surface area contributed by atoms with Gasteiger partial charge in [0.05, 0.1) is 10.6 Å². The molecule has 3 nitrogen and oxygen atoms in total. The first-order valence-corrected chi connectivity index (χ1v) is 4.18. The van der Waals surface area contributed by atoms with Crippen LogP contribution >= 0.6 is 11.6 Å². The summed E-state index contributed by atoms with van der Waals surface area (Å²) in [5, 5.41) is 1.72. The number of nitrogens with one attached hydrogen (secondary N) is 1. The van der Waals surface area contributed by atoms with E-state index in [2.05, 4.69) is 11.1 Å². The van der Waals surface area contributed by atoms with Crippen LogP contribution in [0.25, 0.3) is 0 Å². The molecule has 0 heterocycles. The first kappa shape index (κ1) is 11.8. The topological polar surface area (TPSA) is 56.7 Å². The third-order valence-electron chi connectivity index (χ3n) is 1.56. The lowest BCUT2D eigenvalue weighted by Crippen LogP contribution is -2.59. The van der Waals surface area contributed by atoms with Gasteiger partial charge in [-0.25, -0.2) is 4.79 Å². The molecule has 0 radical (unpaired) electrons. The highest BCUT2D eigenvalue weighted by Gasteiger charge is 2.33. The van der Waals surface area contributed by atoms with Gasteiger partial charge in [0.2, 0.25) is 0 Å². The van der Waals surface area contributed by atoms with E-state index in [-0.39, 0.29) is 5.69 Å². The molecule has 1 aromatic rings. The molecule has 0 saturated heterocycles. The second-order valence-electron chi connectivity index (χ2n) is 2.74. The fourth-order valence-corrected chi connectivity index (χ4v) is 1.21. The van der Waals surface area contributed by atoms with E-state index in [1.807, 2.05) is 0 Å². The molecular formula is C8H7ClF3N2O+. The lowest BCUT2D eigenvalue weighted by molar-refractivity contribution is -0.242. The van der Waals surface area contributed by atoms with Crippen molar-refractivity contribution in [3.8, 4) is 0 Å². The molecule has 15 heavy (non-hydrogen) atoms. The lowest BCUT2D eigenvalue weighted by atomic mass is 10.2. The molecule has 1 rings (SSSR count). The van der Waals surface area contributed by atoms with Gasteiger partial charge in [0.1, 0.15) is 0 Å². The number of urea groups is 1. The monoisotopic (exact) mass is 239 g/mol. The average Bonchev–Trinajstić information content (AvgIpc) is 2.05. The van der Waals surface area contributed by atoms with Crippen molar-refractivity contribution < 1.29 is 23.7 Å². The maximum Gasteiger partial charge on any atom is 0.417 e. The molecule has 1 aromatic carbocycles. The van der Waals surface area contributed by atoms with Gasteiger partial charge < -0.3 is 0 Å². The summed E-state index contributed by atoms with van der Waals surface area (Å²) in [6.45, 7) is 0. The van der Waals surface area contributed by atoms with Gasteiger partial charge in [-0.1, -0.05) is 11.6 Å². The molecule has 0 aromatic heterocycles. The van der Waals surface area contributed by atoms with Gasteiger partial charge in [-0.2, -0.15) is 13.2 Å². The van der Waals surface area contributed by atoms with E-state index in [4.69, 9.17) is 11.6 Å². The molecule has 0 saturated carbocycles. The van der Waals surface area contributed by atoms with Crippen LogP contribution < -0.4 is 11.1 Å². The summed E-state index contributed by atoms with van der Waals surface area (Å²) >= 11 is 5.37. The Labute approximate surface area is 88.0 Å². The number of hydrogen-bond acceptors (Lipinski definition) is 1. The zero-order valence-corrected chi connectivity index (χ0v) is 8.12. The zero-order chi connectivity index (χ0) is 11.6. The van der Waals surface area contributed by atoms with Crippen LogP contribution in [0, 0.1) is 0 Å². The average molecular weight is 240 g/mol. The van der Waals surface area contributed by atoms with Gasteiger partial charge in [0, 0.05) is 5.69 Å². The van der Waals surface area contributed by atoms with Crippen molar-refractivity contribution in [2.24, 2.45) is 0 Å². The molecule has 2 amide bonds. The number of carbonyl (C=O) groups is 1. The van der Waals surface area contributed by atoms with Crippen LogP contribution in [0.2, 0.25) is 5.02 Å². The van der Waals surface area contributed by atoms with Crippen molar-refractivity contribution in [3.63, 3.8) is 0 Å². The van der Waals surface area contributed by atoms with Gasteiger partial charge in [0.25, 0.3) is 0 Å². The summed E-state index contributed by atoms with van der Waals surface area (Å²) in [7, 11) is 0. The highest BCUT2D eigenvalue weighted by atomic mass is 35.5. The van der Waals surface area contributed by atoms with Crippen LogP contribution in [0.1, 0.15) is 5.56 Å². The number of anilines is 1. The standard InChI is InChI=1S/C8H6ClF3N2O/c9-6-2-1-4(14-7(13)15)3-5(6)8(10,11)12/h1-3H,(H3,13,14,15)/p+1. The van der Waals surface area contributed by atoms with Crippen LogP contribution in [0.15, 0.2) is 18.2 Å². The second kappa shape index (κ2) is 4.08. The SMILES string of the molecule is [NH3+]C(=O)Nc1ccc(Cl)c(C(F)(F)F)c1. The Morgan fingerprint density at radius 3 is 2.47 bits per heavy atom. The van der Waals surface area contributed by atoms with Crippen LogP contribution in [0.4, 0.5) is 23.7 Å². The van der Waals surface area contributed by atoms with Crippen LogP contribution in [0.3, 0.4) is 0 Å². The van der Waals surface area contributed by atoms with Gasteiger partial charge in [-0.3, -0.25) is 11.1 Å². The number of amides is 2. The third kappa shape index (κ3) is 3.10. The number of rotatable bonds is 1. The summed E-state index contributed by atoms with van der Waals surface area (Å²) in [4.78, 5) is 10.5. The van der Waals surface area contributed by atoms with Crippen molar-refractivity contribution in [1.82, 2.24) is 0 Å². The van der Waals surface area contributed by atoms with Crippen molar-refractivity contribution in [2.75, 3.05) is 5.32 Å². The van der Waals surface area contributed by atoms with Crippen molar-refractivity contribution in [3.05, 3.63) is 28.8 Å². The van der Waals surface area contributed by atoms with Gasteiger partial charge >= 0.3 is 12.2 Å². The van der Waals surface area contributed by atoms with Crippen molar-refractivity contribution >= 4 is 23.3 Å². The maximum absolute atomic E-state index is 12.4. The minimum atomic E-state index is -4.54. The smallest absolute Gasteiger partial charge is 0.276 e. The number of hydrogen-bond donors (Lipinski definition) is 2. The fourth-order valence-electron chi connectivity index (χ4n) is 0.981. The van der Waals surface area contributed by atoms with E-state index in [1.54, 1.807) is 0 Å². The number of alkyl halides is 3. The second-order valence-corrected chi connectivity index (χ2v) is 3.15. The van der Waals surface area contributed by atoms with Crippen LogP contribution in [-0.2, 0) is 6.18 Å². The Bertz CT molecular complexity index is 392. The molecule has 7 heteroatoms. The molecule has 0 bridgehead atoms. The Hall–Kier alpha value is -1.27. The first-order chi connectivity index (χ1) is 6.80. The fraction of sp³-hybridized carbons (Fsp3) is 0.125. The van der Waals surface area contributed by atoms with Crippen molar-refractivity contribution in [2.45, 2.75) is 6.18 Å². The van der Waals surface area contributed by atoms with E-state index >= 15 is 0 Å². The highest BCUT2D eigenvalue weighted by Crippen LogP contribution is 2.36. The van der Waals surface area contributed by atoms with Crippen LogP contribution in [-0.4, -0.2) is 6.03 Å². The molecule has 0 aliphatic heterocycles. The largest absolute Gasteiger partial charge is 0.417 e. The molecule has 82 valence electrons. The van der Waals surface area contributed by atoms with Gasteiger partial charge in [0.15, 0.2) is 0 Å². The molecule has 0 aliphatic carbocycles. The molecule has 4 N–H and O–H groups in total. The molecule has 0 atom stereocenters. The Kier molecular flexibility index (Phi) is 3.21. The van der Waals surface area contributed by atoms with E-state index < -0.39 is 22.8 Å². The minimum absolute atomic E-state index is 0.00623.